The first-order valence-corrected chi connectivity index (χ1v) is 8.96. The van der Waals surface area contributed by atoms with E-state index in [1.165, 1.54) is 6.42 Å². The second-order valence-electron chi connectivity index (χ2n) is 6.19. The summed E-state index contributed by atoms with van der Waals surface area (Å²) in [5.41, 5.74) is 0. The molecule has 0 radical (unpaired) electrons. The van der Waals surface area contributed by atoms with Crippen LogP contribution in [0.2, 0.25) is 0 Å². The van der Waals surface area contributed by atoms with Gasteiger partial charge in [-0.05, 0) is 25.2 Å². The van der Waals surface area contributed by atoms with Crippen LogP contribution in [0.15, 0.2) is 0 Å². The summed E-state index contributed by atoms with van der Waals surface area (Å²) in [4.78, 5) is 2.40. The van der Waals surface area contributed by atoms with E-state index in [-0.39, 0.29) is 6.04 Å². The molecule has 0 saturated carbocycles. The van der Waals surface area contributed by atoms with Crippen molar-refractivity contribution >= 4 is 9.84 Å². The van der Waals surface area contributed by atoms with E-state index in [4.69, 9.17) is 0 Å². The number of rotatable bonds is 3. The highest BCUT2D eigenvalue weighted by atomic mass is 32.2. The zero-order valence-electron chi connectivity index (χ0n) is 11.6. The molecular formula is C13H26N2O2S. The molecule has 0 bridgehead atoms. The molecule has 2 atom stereocenters. The summed E-state index contributed by atoms with van der Waals surface area (Å²) < 4.78 is 23.4. The third-order valence-corrected chi connectivity index (χ3v) is 5.80. The fraction of sp³-hybridized carbons (Fsp3) is 1.00. The summed E-state index contributed by atoms with van der Waals surface area (Å²) in [7, 11) is -2.78. The van der Waals surface area contributed by atoms with Crippen LogP contribution in [0.25, 0.3) is 0 Å². The second-order valence-corrected chi connectivity index (χ2v) is 8.41. The van der Waals surface area contributed by atoms with Gasteiger partial charge in [-0.1, -0.05) is 13.8 Å². The third-order valence-electron chi connectivity index (χ3n) is 4.00. The van der Waals surface area contributed by atoms with Gasteiger partial charge in [-0.15, -0.1) is 0 Å². The lowest BCUT2D eigenvalue weighted by Crippen LogP contribution is -2.56. The van der Waals surface area contributed by atoms with E-state index in [0.717, 1.165) is 32.5 Å². The molecule has 2 aliphatic rings. The molecule has 18 heavy (non-hydrogen) atoms. The highest BCUT2D eigenvalue weighted by molar-refractivity contribution is 7.91. The second kappa shape index (κ2) is 5.88. The number of hydrogen-bond donors (Lipinski definition) is 1. The minimum Gasteiger partial charge on any atom is -0.311 e. The lowest BCUT2D eigenvalue weighted by atomic mass is 10.0. The lowest BCUT2D eigenvalue weighted by molar-refractivity contribution is 0.136. The largest absolute Gasteiger partial charge is 0.311 e. The molecule has 2 saturated heterocycles. The summed E-state index contributed by atoms with van der Waals surface area (Å²) in [6.07, 6.45) is 3.06. The molecule has 2 rings (SSSR count). The first-order valence-electron chi connectivity index (χ1n) is 7.14. The van der Waals surface area contributed by atoms with Crippen LogP contribution in [0, 0.1) is 5.92 Å². The molecule has 0 aromatic carbocycles. The van der Waals surface area contributed by atoms with Crippen molar-refractivity contribution in [2.24, 2.45) is 5.92 Å². The molecule has 0 aromatic rings. The molecule has 2 unspecified atom stereocenters. The number of nitrogens with zero attached hydrogens (tertiary/aromatic N) is 1. The van der Waals surface area contributed by atoms with E-state index < -0.39 is 9.84 Å². The van der Waals surface area contributed by atoms with Gasteiger partial charge in [-0.3, -0.25) is 4.90 Å². The zero-order chi connectivity index (χ0) is 13.2. The van der Waals surface area contributed by atoms with Gasteiger partial charge in [0.15, 0.2) is 9.84 Å². The van der Waals surface area contributed by atoms with Crippen molar-refractivity contribution < 1.29 is 8.42 Å². The number of hydrogen-bond acceptors (Lipinski definition) is 4. The highest BCUT2D eigenvalue weighted by Gasteiger charge is 2.31. The van der Waals surface area contributed by atoms with Crippen molar-refractivity contribution in [3.05, 3.63) is 0 Å². The quantitative estimate of drug-likeness (QED) is 0.830. The van der Waals surface area contributed by atoms with Crippen LogP contribution >= 0.6 is 0 Å². The Morgan fingerprint density at radius 3 is 2.83 bits per heavy atom. The fourth-order valence-electron chi connectivity index (χ4n) is 3.20. The van der Waals surface area contributed by atoms with Gasteiger partial charge in [0.05, 0.1) is 11.5 Å². The average molecular weight is 274 g/mol. The predicted molar refractivity (Wildman–Crippen MR) is 74.5 cm³/mol. The van der Waals surface area contributed by atoms with E-state index >= 15 is 0 Å². The Bertz CT molecular complexity index is 367. The van der Waals surface area contributed by atoms with Gasteiger partial charge in [-0.25, -0.2) is 8.42 Å². The maximum Gasteiger partial charge on any atom is 0.151 e. The summed E-state index contributed by atoms with van der Waals surface area (Å²) in [6.45, 7) is 7.48. The van der Waals surface area contributed by atoms with E-state index in [9.17, 15) is 8.42 Å². The van der Waals surface area contributed by atoms with Gasteiger partial charge in [-0.2, -0.15) is 0 Å². The van der Waals surface area contributed by atoms with Crippen molar-refractivity contribution in [2.45, 2.75) is 45.2 Å². The molecule has 1 N–H and O–H groups in total. The van der Waals surface area contributed by atoms with Gasteiger partial charge >= 0.3 is 0 Å². The van der Waals surface area contributed by atoms with Crippen LogP contribution in [-0.2, 0) is 9.84 Å². The maximum atomic E-state index is 11.7. The smallest absolute Gasteiger partial charge is 0.151 e. The Labute approximate surface area is 111 Å². The Kier molecular flexibility index (Phi) is 4.67. The lowest BCUT2D eigenvalue weighted by Gasteiger charge is -2.40. The monoisotopic (exact) mass is 274 g/mol. The predicted octanol–water partition coefficient (Wildman–Crippen LogP) is 0.884. The van der Waals surface area contributed by atoms with Crippen LogP contribution in [-0.4, -0.2) is 56.5 Å². The molecular weight excluding hydrogens is 248 g/mol. The van der Waals surface area contributed by atoms with Crippen LogP contribution in [0.3, 0.4) is 0 Å². The molecule has 0 aromatic heterocycles. The van der Waals surface area contributed by atoms with Gasteiger partial charge < -0.3 is 5.32 Å². The molecule has 0 aliphatic carbocycles. The molecule has 4 nitrogen and oxygen atoms in total. The summed E-state index contributed by atoms with van der Waals surface area (Å²) in [5.74, 6) is 1.46. The van der Waals surface area contributed by atoms with Crippen LogP contribution in [0.5, 0.6) is 0 Å². The zero-order valence-corrected chi connectivity index (χ0v) is 12.4. The van der Waals surface area contributed by atoms with Crippen molar-refractivity contribution in [1.82, 2.24) is 10.2 Å². The number of nitrogens with one attached hydrogen (secondary N) is 1. The van der Waals surface area contributed by atoms with Gasteiger partial charge in [0.1, 0.15) is 0 Å². The molecule has 2 fully saturated rings. The summed E-state index contributed by atoms with van der Waals surface area (Å²) in [5, 5.41) is 3.55. The SMILES string of the molecule is CC(C)CC1CN(C2CCCS(=O)(=O)C2)CCN1. The van der Waals surface area contributed by atoms with Gasteiger partial charge in [0.2, 0.25) is 0 Å². The number of piperazine rings is 1. The Hall–Kier alpha value is -0.130. The van der Waals surface area contributed by atoms with Crippen molar-refractivity contribution in [1.29, 1.82) is 0 Å². The van der Waals surface area contributed by atoms with Crippen molar-refractivity contribution in [2.75, 3.05) is 31.1 Å². The first-order chi connectivity index (χ1) is 8.46. The Morgan fingerprint density at radius 1 is 1.39 bits per heavy atom. The maximum absolute atomic E-state index is 11.7. The standard InChI is InChI=1S/C13H26N2O2S/c1-11(2)8-12-9-15(6-5-14-12)13-4-3-7-18(16,17)10-13/h11-14H,3-10H2,1-2H3. The number of sulfone groups is 1. The summed E-state index contributed by atoms with van der Waals surface area (Å²) in [6, 6.07) is 0.795. The van der Waals surface area contributed by atoms with E-state index in [1.807, 2.05) is 0 Å². The first kappa shape index (κ1) is 14.3. The van der Waals surface area contributed by atoms with E-state index in [2.05, 4.69) is 24.1 Å². The normalized spacial score (nSPS) is 33.7. The minimum absolute atomic E-state index is 0.264. The molecule has 5 heteroatoms. The van der Waals surface area contributed by atoms with Gasteiger partial charge in [0, 0.05) is 31.7 Å². The molecule has 0 spiro atoms. The average Bonchev–Trinajstić information content (AvgIpc) is 2.27. The Balaban J connectivity index is 1.92. The third kappa shape index (κ3) is 3.93. The molecule has 0 amide bonds. The Morgan fingerprint density at radius 2 is 2.17 bits per heavy atom. The van der Waals surface area contributed by atoms with Gasteiger partial charge in [0.25, 0.3) is 0 Å². The molecule has 106 valence electrons. The van der Waals surface area contributed by atoms with E-state index in [1.54, 1.807) is 0 Å². The van der Waals surface area contributed by atoms with Crippen LogP contribution in [0.4, 0.5) is 0 Å². The summed E-state index contributed by atoms with van der Waals surface area (Å²) >= 11 is 0. The van der Waals surface area contributed by atoms with Crippen molar-refractivity contribution in [3.8, 4) is 0 Å². The topological polar surface area (TPSA) is 49.4 Å². The van der Waals surface area contributed by atoms with E-state index in [0.29, 0.717) is 23.5 Å². The fourth-order valence-corrected chi connectivity index (χ4v) is 4.93. The van der Waals surface area contributed by atoms with Crippen LogP contribution < -0.4 is 5.32 Å². The molecule has 2 heterocycles. The van der Waals surface area contributed by atoms with Crippen LogP contribution in [0.1, 0.15) is 33.1 Å². The van der Waals surface area contributed by atoms with Crippen molar-refractivity contribution in [3.63, 3.8) is 0 Å². The highest BCUT2D eigenvalue weighted by Crippen LogP contribution is 2.20. The molecule has 2 aliphatic heterocycles. The minimum atomic E-state index is -2.78.